The van der Waals surface area contributed by atoms with Crippen LogP contribution in [-0.2, 0) is 0 Å². The highest BCUT2D eigenvalue weighted by Gasteiger charge is 1.94. The second kappa shape index (κ2) is 3.69. The van der Waals surface area contributed by atoms with E-state index in [2.05, 4.69) is 35.2 Å². The summed E-state index contributed by atoms with van der Waals surface area (Å²) in [5, 5.41) is 1.19. The van der Waals surface area contributed by atoms with E-state index in [4.69, 9.17) is 0 Å². The lowest BCUT2D eigenvalue weighted by Gasteiger charge is -2.01. The minimum absolute atomic E-state index is 1.19. The second-order valence-corrected chi connectivity index (χ2v) is 3.24. The molecule has 1 aromatic carbocycles. The van der Waals surface area contributed by atoms with Gasteiger partial charge >= 0.3 is 0 Å². The summed E-state index contributed by atoms with van der Waals surface area (Å²) in [6.45, 7) is 4.19. The molecule has 0 aromatic heterocycles. The Kier molecular flexibility index (Phi) is 2.84. The van der Waals surface area contributed by atoms with E-state index in [0.29, 0.717) is 0 Å². The van der Waals surface area contributed by atoms with Crippen molar-refractivity contribution in [1.82, 2.24) is 0 Å². The molecule has 0 bridgehead atoms. The fourth-order valence-corrected chi connectivity index (χ4v) is 1.06. The number of hydrogen-bond acceptors (Lipinski definition) is 0. The van der Waals surface area contributed by atoms with Crippen molar-refractivity contribution in [1.29, 1.82) is 0 Å². The predicted molar refractivity (Wildman–Crippen MR) is 53.0 cm³/mol. The maximum atomic E-state index is 3.58. The Hall–Kier alpha value is -0.610. The van der Waals surface area contributed by atoms with Gasteiger partial charge in [0.1, 0.15) is 0 Å². The van der Waals surface area contributed by atoms with Gasteiger partial charge in [0.25, 0.3) is 0 Å². The van der Waals surface area contributed by atoms with Gasteiger partial charge in [-0.15, -0.1) is 0 Å². The van der Waals surface area contributed by atoms with Gasteiger partial charge in [0.2, 0.25) is 0 Å². The first-order valence-corrected chi connectivity index (χ1v) is 4.16. The van der Waals surface area contributed by atoms with E-state index in [0.717, 1.165) is 0 Å². The van der Waals surface area contributed by atoms with E-state index in [1.54, 1.807) is 0 Å². The van der Waals surface area contributed by atoms with Gasteiger partial charge in [-0.2, -0.15) is 0 Å². The average molecular weight is 163 g/mol. The van der Waals surface area contributed by atoms with Gasteiger partial charge in [-0.1, -0.05) is 45.1 Å². The van der Waals surface area contributed by atoms with Crippen molar-refractivity contribution in [3.05, 3.63) is 41.5 Å². The maximum absolute atomic E-state index is 3.58. The van der Waals surface area contributed by atoms with Crippen molar-refractivity contribution >= 4 is 14.6 Å². The largest absolute Gasteiger partial charge is 0.0681 e. The molecule has 0 heterocycles. The fourth-order valence-electron chi connectivity index (χ4n) is 0.893. The van der Waals surface area contributed by atoms with Crippen molar-refractivity contribution in [2.24, 2.45) is 0 Å². The van der Waals surface area contributed by atoms with Crippen LogP contribution >= 0.6 is 9.24 Å². The van der Waals surface area contributed by atoms with Crippen LogP contribution in [0.3, 0.4) is 0 Å². The SMILES string of the molecule is CC(C)=C([PH])c1ccccc1. The van der Waals surface area contributed by atoms with Gasteiger partial charge in [0.15, 0.2) is 0 Å². The van der Waals surface area contributed by atoms with Gasteiger partial charge in [0.05, 0.1) is 0 Å². The Morgan fingerprint density at radius 3 is 2.09 bits per heavy atom. The van der Waals surface area contributed by atoms with E-state index in [9.17, 15) is 0 Å². The topological polar surface area (TPSA) is 0 Å². The minimum Gasteiger partial charge on any atom is -0.0681 e. The number of benzene rings is 1. The molecule has 0 saturated carbocycles. The standard InChI is InChI=1S/C10H12P/c1-8(2)10(11)9-6-4-3-5-7-9/h3-7,11H,1-2H3. The second-order valence-electron chi connectivity index (χ2n) is 2.74. The summed E-state index contributed by atoms with van der Waals surface area (Å²) >= 11 is 0. The molecule has 0 spiro atoms. The molecule has 0 saturated heterocycles. The third-order valence-electron chi connectivity index (χ3n) is 1.56. The summed E-state index contributed by atoms with van der Waals surface area (Å²) in [7, 11) is 3.58. The predicted octanol–water partition coefficient (Wildman–Crippen LogP) is 3.58. The molecule has 0 unspecified atom stereocenters. The molecule has 0 fully saturated rings. The van der Waals surface area contributed by atoms with Crippen LogP contribution in [0.25, 0.3) is 5.31 Å². The van der Waals surface area contributed by atoms with Crippen LogP contribution in [0, 0.1) is 0 Å². The van der Waals surface area contributed by atoms with Gasteiger partial charge in [0, 0.05) is 0 Å². The van der Waals surface area contributed by atoms with Crippen LogP contribution < -0.4 is 0 Å². The summed E-state index contributed by atoms with van der Waals surface area (Å²) in [6.07, 6.45) is 0. The molecule has 1 radical (unpaired) electrons. The lowest BCUT2D eigenvalue weighted by atomic mass is 10.1. The molecule has 0 amide bonds. The normalized spacial score (nSPS) is 9.36. The molecule has 0 aliphatic rings. The first-order chi connectivity index (χ1) is 5.22. The number of rotatable bonds is 1. The zero-order valence-corrected chi connectivity index (χ0v) is 7.89. The first kappa shape index (κ1) is 8.49. The van der Waals surface area contributed by atoms with Crippen molar-refractivity contribution in [2.75, 3.05) is 0 Å². The minimum atomic E-state index is 1.19. The Bertz CT molecular complexity index is 255. The molecule has 1 rings (SSSR count). The van der Waals surface area contributed by atoms with E-state index >= 15 is 0 Å². The van der Waals surface area contributed by atoms with Crippen LogP contribution in [-0.4, -0.2) is 0 Å². The molecule has 1 aromatic rings. The number of hydrogen-bond donors (Lipinski definition) is 0. The molecule has 0 atom stereocenters. The summed E-state index contributed by atoms with van der Waals surface area (Å²) in [5.74, 6) is 0. The lowest BCUT2D eigenvalue weighted by molar-refractivity contribution is 1.41. The Morgan fingerprint density at radius 1 is 1.09 bits per heavy atom. The van der Waals surface area contributed by atoms with Crippen LogP contribution in [0.2, 0.25) is 0 Å². The van der Waals surface area contributed by atoms with E-state index in [-0.39, 0.29) is 0 Å². The molecule has 0 aliphatic heterocycles. The smallest absolute Gasteiger partial charge is 0.0168 e. The van der Waals surface area contributed by atoms with Crippen LogP contribution in [0.5, 0.6) is 0 Å². The zero-order valence-electron chi connectivity index (χ0n) is 6.89. The van der Waals surface area contributed by atoms with Crippen molar-refractivity contribution < 1.29 is 0 Å². The Balaban J connectivity index is 3.04. The Labute approximate surface area is 70.5 Å². The first-order valence-electron chi connectivity index (χ1n) is 3.66. The molecular formula is C10H12P. The molecule has 0 N–H and O–H groups in total. The quantitative estimate of drug-likeness (QED) is 0.555. The molecule has 57 valence electrons. The van der Waals surface area contributed by atoms with Crippen molar-refractivity contribution in [3.8, 4) is 0 Å². The zero-order chi connectivity index (χ0) is 8.27. The van der Waals surface area contributed by atoms with Gasteiger partial charge in [-0.25, -0.2) is 0 Å². The Morgan fingerprint density at radius 2 is 1.64 bits per heavy atom. The maximum Gasteiger partial charge on any atom is -0.0168 e. The van der Waals surface area contributed by atoms with Gasteiger partial charge in [-0.05, 0) is 24.7 Å². The van der Waals surface area contributed by atoms with Crippen molar-refractivity contribution in [2.45, 2.75) is 13.8 Å². The molecule has 11 heavy (non-hydrogen) atoms. The van der Waals surface area contributed by atoms with E-state index < -0.39 is 0 Å². The summed E-state index contributed by atoms with van der Waals surface area (Å²) in [5.41, 5.74) is 2.54. The third kappa shape index (κ3) is 2.17. The molecule has 0 aliphatic carbocycles. The summed E-state index contributed by atoms with van der Waals surface area (Å²) in [4.78, 5) is 0. The lowest BCUT2D eigenvalue weighted by Crippen LogP contribution is -1.76. The molecule has 1 heteroatoms. The van der Waals surface area contributed by atoms with Crippen LogP contribution in [0.4, 0.5) is 0 Å². The highest BCUT2D eigenvalue weighted by atomic mass is 31.0. The van der Waals surface area contributed by atoms with Crippen LogP contribution in [0.1, 0.15) is 19.4 Å². The molecule has 0 nitrogen and oxygen atoms in total. The van der Waals surface area contributed by atoms with Gasteiger partial charge in [-0.3, -0.25) is 0 Å². The summed E-state index contributed by atoms with van der Waals surface area (Å²) in [6, 6.07) is 10.3. The van der Waals surface area contributed by atoms with E-state index in [1.165, 1.54) is 16.5 Å². The van der Waals surface area contributed by atoms with Crippen LogP contribution in [0.15, 0.2) is 35.9 Å². The third-order valence-corrected chi connectivity index (χ3v) is 2.35. The highest BCUT2D eigenvalue weighted by Crippen LogP contribution is 2.24. The van der Waals surface area contributed by atoms with E-state index in [1.807, 2.05) is 18.2 Å². The fraction of sp³-hybridized carbons (Fsp3) is 0.200. The van der Waals surface area contributed by atoms with Crippen molar-refractivity contribution in [3.63, 3.8) is 0 Å². The number of allylic oxidation sites excluding steroid dienone is 1. The average Bonchev–Trinajstić information content (AvgIpc) is 2.05. The summed E-state index contributed by atoms with van der Waals surface area (Å²) < 4.78 is 0. The van der Waals surface area contributed by atoms with Gasteiger partial charge < -0.3 is 0 Å². The highest BCUT2D eigenvalue weighted by molar-refractivity contribution is 7.31. The monoisotopic (exact) mass is 163 g/mol. The molecular weight excluding hydrogens is 151 g/mol.